The number of likely N-dealkylation sites (tertiary alicyclic amines) is 1. The van der Waals surface area contributed by atoms with Gasteiger partial charge >= 0.3 is 0 Å². The Bertz CT molecular complexity index is 751. The van der Waals surface area contributed by atoms with E-state index in [0.29, 0.717) is 24.8 Å². The zero-order valence-electron chi connectivity index (χ0n) is 16.9. The first kappa shape index (κ1) is 23.5. The molecule has 0 radical (unpaired) electrons. The fourth-order valence-corrected chi connectivity index (χ4v) is 3.41. The van der Waals surface area contributed by atoms with Gasteiger partial charge in [-0.15, -0.1) is 24.0 Å². The molecule has 1 aliphatic heterocycles. The molecule has 29 heavy (non-hydrogen) atoms. The lowest BCUT2D eigenvalue weighted by Crippen LogP contribution is -2.45. The number of guanidine groups is 1. The highest BCUT2D eigenvalue weighted by molar-refractivity contribution is 14.0. The predicted molar refractivity (Wildman–Crippen MR) is 124 cm³/mol. The quantitative estimate of drug-likeness (QED) is 0.318. The maximum absolute atomic E-state index is 13.3. The number of nitrogens with one attached hydrogen (secondary N) is 2. The number of rotatable bonds is 8. The molecule has 1 aromatic heterocycles. The van der Waals surface area contributed by atoms with Crippen molar-refractivity contribution < 1.29 is 13.5 Å². The minimum atomic E-state index is -0.305. The molecule has 0 bridgehead atoms. The molecule has 8 heteroatoms. The van der Waals surface area contributed by atoms with Crippen molar-refractivity contribution in [2.75, 3.05) is 33.2 Å². The number of nitrogens with zero attached hydrogens (tertiary/aromatic N) is 2. The average Bonchev–Trinajstić information content (AvgIpc) is 3.39. The fourth-order valence-electron chi connectivity index (χ4n) is 3.41. The first-order valence-electron chi connectivity index (χ1n) is 9.80. The number of halogens is 2. The van der Waals surface area contributed by atoms with E-state index >= 15 is 0 Å². The summed E-state index contributed by atoms with van der Waals surface area (Å²) in [6.07, 6.45) is 4.02. The molecule has 3 rings (SSSR count). The molecule has 0 saturated carbocycles. The normalized spacial score (nSPS) is 16.7. The Morgan fingerprint density at radius 3 is 2.62 bits per heavy atom. The van der Waals surface area contributed by atoms with Crippen LogP contribution in [0.15, 0.2) is 52.1 Å². The summed E-state index contributed by atoms with van der Waals surface area (Å²) in [5, 5.41) is 6.65. The van der Waals surface area contributed by atoms with E-state index in [4.69, 9.17) is 9.15 Å². The molecular formula is C21H30FIN4O2. The van der Waals surface area contributed by atoms with Crippen molar-refractivity contribution in [2.24, 2.45) is 4.99 Å². The number of aliphatic imine (C=N–C) groups is 1. The molecule has 0 spiro atoms. The number of furan rings is 1. The van der Waals surface area contributed by atoms with Crippen molar-refractivity contribution in [2.45, 2.75) is 31.9 Å². The number of hydrogen-bond acceptors (Lipinski definition) is 4. The second-order valence-electron chi connectivity index (χ2n) is 6.99. The Hall–Kier alpha value is -1.81. The molecule has 0 aliphatic carbocycles. The number of hydrogen-bond donors (Lipinski definition) is 2. The van der Waals surface area contributed by atoms with E-state index in [1.807, 2.05) is 19.1 Å². The molecular weight excluding hydrogens is 486 g/mol. The molecule has 2 atom stereocenters. The highest BCUT2D eigenvalue weighted by Gasteiger charge is 2.25. The maximum Gasteiger partial charge on any atom is 0.191 e. The average molecular weight is 516 g/mol. The van der Waals surface area contributed by atoms with Crippen LogP contribution in [0.25, 0.3) is 0 Å². The molecule has 160 valence electrons. The van der Waals surface area contributed by atoms with Crippen LogP contribution in [0.2, 0.25) is 0 Å². The summed E-state index contributed by atoms with van der Waals surface area (Å²) in [6.45, 7) is 5.34. The van der Waals surface area contributed by atoms with Crippen molar-refractivity contribution in [3.63, 3.8) is 0 Å². The predicted octanol–water partition coefficient (Wildman–Crippen LogP) is 3.81. The molecule has 1 fully saturated rings. The first-order valence-corrected chi connectivity index (χ1v) is 9.80. The first-order chi connectivity index (χ1) is 13.7. The van der Waals surface area contributed by atoms with Crippen LogP contribution in [-0.4, -0.2) is 50.2 Å². The van der Waals surface area contributed by atoms with Gasteiger partial charge in [-0.3, -0.25) is 9.89 Å². The van der Waals surface area contributed by atoms with Gasteiger partial charge < -0.3 is 19.8 Å². The molecule has 2 aromatic rings. The van der Waals surface area contributed by atoms with Gasteiger partial charge in [0.1, 0.15) is 23.4 Å². The van der Waals surface area contributed by atoms with Gasteiger partial charge in [0, 0.05) is 19.7 Å². The lowest BCUT2D eigenvalue weighted by molar-refractivity contribution is 0.213. The zero-order chi connectivity index (χ0) is 19.8. The second-order valence-corrected chi connectivity index (χ2v) is 6.99. The summed E-state index contributed by atoms with van der Waals surface area (Å²) in [4.78, 5) is 6.73. The Kier molecular flexibility index (Phi) is 9.72. The van der Waals surface area contributed by atoms with Gasteiger partial charge in [0.2, 0.25) is 0 Å². The van der Waals surface area contributed by atoms with Crippen LogP contribution in [0.5, 0.6) is 5.75 Å². The van der Waals surface area contributed by atoms with Crippen LogP contribution in [-0.2, 0) is 0 Å². The standard InChI is InChI=1S/C21H29FN4O2.HI/c1-16(28-18-8-5-7-17(22)13-18)14-24-21(23-2)25-15-19(20-9-6-12-27-20)26-10-3-4-11-26;/h5-9,12-13,16,19H,3-4,10-11,14-15H2,1-2H3,(H2,23,24,25);1H. The van der Waals surface area contributed by atoms with Crippen LogP contribution in [0.3, 0.4) is 0 Å². The summed E-state index contributed by atoms with van der Waals surface area (Å²) in [7, 11) is 1.74. The molecule has 1 saturated heterocycles. The van der Waals surface area contributed by atoms with Crippen LogP contribution in [0.4, 0.5) is 4.39 Å². The van der Waals surface area contributed by atoms with E-state index < -0.39 is 0 Å². The van der Waals surface area contributed by atoms with Crippen LogP contribution in [0, 0.1) is 5.82 Å². The van der Waals surface area contributed by atoms with Crippen molar-refractivity contribution in [1.82, 2.24) is 15.5 Å². The van der Waals surface area contributed by atoms with Crippen molar-refractivity contribution >= 4 is 29.9 Å². The molecule has 2 N–H and O–H groups in total. The van der Waals surface area contributed by atoms with Crippen LogP contribution in [0.1, 0.15) is 31.6 Å². The molecule has 1 aromatic carbocycles. The Labute approximate surface area is 188 Å². The SMILES string of the molecule is CN=C(NCC(C)Oc1cccc(F)c1)NCC(c1ccco1)N1CCCC1.I. The molecule has 2 heterocycles. The minimum Gasteiger partial charge on any atom is -0.489 e. The van der Waals surface area contributed by atoms with E-state index in [2.05, 4.69) is 20.5 Å². The molecule has 2 unspecified atom stereocenters. The molecule has 0 amide bonds. The summed E-state index contributed by atoms with van der Waals surface area (Å²) >= 11 is 0. The fraction of sp³-hybridized carbons (Fsp3) is 0.476. The van der Waals surface area contributed by atoms with Gasteiger partial charge in [-0.2, -0.15) is 0 Å². The van der Waals surface area contributed by atoms with E-state index in [9.17, 15) is 4.39 Å². The summed E-state index contributed by atoms with van der Waals surface area (Å²) < 4.78 is 24.7. The number of benzene rings is 1. The van der Waals surface area contributed by atoms with Gasteiger partial charge in [-0.05, 0) is 57.1 Å². The summed E-state index contributed by atoms with van der Waals surface area (Å²) in [6, 6.07) is 10.3. The maximum atomic E-state index is 13.3. The van der Waals surface area contributed by atoms with Gasteiger partial charge in [0.25, 0.3) is 0 Å². The Morgan fingerprint density at radius 2 is 1.97 bits per heavy atom. The lowest BCUT2D eigenvalue weighted by Gasteiger charge is -2.27. The monoisotopic (exact) mass is 516 g/mol. The van der Waals surface area contributed by atoms with Gasteiger partial charge in [0.05, 0.1) is 18.8 Å². The minimum absolute atomic E-state index is 0. The van der Waals surface area contributed by atoms with E-state index in [0.717, 1.165) is 18.8 Å². The zero-order valence-corrected chi connectivity index (χ0v) is 19.3. The highest BCUT2D eigenvalue weighted by atomic mass is 127. The van der Waals surface area contributed by atoms with Gasteiger partial charge in [-0.1, -0.05) is 6.07 Å². The largest absolute Gasteiger partial charge is 0.489 e. The lowest BCUT2D eigenvalue weighted by atomic mass is 10.2. The van der Waals surface area contributed by atoms with Crippen LogP contribution < -0.4 is 15.4 Å². The summed E-state index contributed by atoms with van der Waals surface area (Å²) in [5.74, 6) is 1.88. The molecule has 1 aliphatic rings. The van der Waals surface area contributed by atoms with E-state index in [1.54, 1.807) is 25.4 Å². The van der Waals surface area contributed by atoms with Gasteiger partial charge in [-0.25, -0.2) is 4.39 Å². The van der Waals surface area contributed by atoms with Crippen LogP contribution >= 0.6 is 24.0 Å². The Balaban J connectivity index is 0.00000300. The topological polar surface area (TPSA) is 62.0 Å². The smallest absolute Gasteiger partial charge is 0.191 e. The molecule has 6 nitrogen and oxygen atoms in total. The highest BCUT2D eigenvalue weighted by Crippen LogP contribution is 2.24. The van der Waals surface area contributed by atoms with E-state index in [-0.39, 0.29) is 41.9 Å². The third kappa shape index (κ3) is 7.18. The number of ether oxygens (including phenoxy) is 1. The third-order valence-electron chi connectivity index (χ3n) is 4.83. The van der Waals surface area contributed by atoms with Gasteiger partial charge in [0.15, 0.2) is 5.96 Å². The Morgan fingerprint density at radius 1 is 1.21 bits per heavy atom. The second kappa shape index (κ2) is 12.0. The third-order valence-corrected chi connectivity index (χ3v) is 4.83. The van der Waals surface area contributed by atoms with Crippen molar-refractivity contribution in [3.05, 3.63) is 54.2 Å². The summed E-state index contributed by atoms with van der Waals surface area (Å²) in [5.41, 5.74) is 0. The van der Waals surface area contributed by atoms with E-state index in [1.165, 1.54) is 25.0 Å². The van der Waals surface area contributed by atoms with Crippen molar-refractivity contribution in [3.8, 4) is 5.75 Å². The van der Waals surface area contributed by atoms with Crippen molar-refractivity contribution in [1.29, 1.82) is 0 Å².